The summed E-state index contributed by atoms with van der Waals surface area (Å²) in [5.41, 5.74) is 0. The van der Waals surface area contributed by atoms with Crippen molar-refractivity contribution in [1.82, 2.24) is 5.32 Å². The Labute approximate surface area is 108 Å². The van der Waals surface area contributed by atoms with E-state index >= 15 is 0 Å². The number of aryl methyl sites for hydroxylation is 1. The number of hydrogen-bond donors (Lipinski definition) is 1. The quantitative estimate of drug-likeness (QED) is 0.931. The molecule has 5 heteroatoms. The van der Waals surface area contributed by atoms with E-state index in [0.717, 1.165) is 4.47 Å². The van der Waals surface area contributed by atoms with Gasteiger partial charge >= 0.3 is 0 Å². The smallest absolute Gasteiger partial charge is 0.101 e. The van der Waals surface area contributed by atoms with Crippen LogP contribution in [0.3, 0.4) is 0 Å². The molecule has 2 atom stereocenters. The van der Waals surface area contributed by atoms with E-state index in [4.69, 9.17) is 9.47 Å². The summed E-state index contributed by atoms with van der Waals surface area (Å²) in [6.07, 6.45) is 0.105. The maximum Gasteiger partial charge on any atom is 0.101 e. The van der Waals surface area contributed by atoms with E-state index in [1.807, 2.05) is 7.05 Å². The zero-order valence-corrected chi connectivity index (χ0v) is 11.9. The number of halogens is 1. The van der Waals surface area contributed by atoms with Gasteiger partial charge in [0.1, 0.15) is 6.10 Å². The van der Waals surface area contributed by atoms with E-state index in [1.54, 1.807) is 11.3 Å². The molecule has 0 amide bonds. The van der Waals surface area contributed by atoms with Gasteiger partial charge in [-0.1, -0.05) is 0 Å². The summed E-state index contributed by atoms with van der Waals surface area (Å²) >= 11 is 5.39. The Morgan fingerprint density at radius 3 is 2.88 bits per heavy atom. The van der Waals surface area contributed by atoms with E-state index in [-0.39, 0.29) is 12.1 Å². The van der Waals surface area contributed by atoms with Crippen LogP contribution in [-0.2, 0) is 9.47 Å². The summed E-state index contributed by atoms with van der Waals surface area (Å²) in [4.78, 5) is 2.59. The zero-order valence-electron chi connectivity index (χ0n) is 9.46. The second-order valence-corrected chi connectivity index (χ2v) is 5.96. The number of thiophene rings is 1. The highest BCUT2D eigenvalue weighted by Crippen LogP contribution is 2.34. The first kappa shape index (κ1) is 12.5. The molecule has 0 aromatic carbocycles. The summed E-state index contributed by atoms with van der Waals surface area (Å²) in [7, 11) is 1.96. The number of nitrogens with one attached hydrogen (secondary N) is 1. The molecule has 16 heavy (non-hydrogen) atoms. The van der Waals surface area contributed by atoms with Crippen LogP contribution >= 0.6 is 27.3 Å². The van der Waals surface area contributed by atoms with Crippen molar-refractivity contribution in [3.8, 4) is 0 Å². The minimum absolute atomic E-state index is 0.105. The first-order valence-electron chi connectivity index (χ1n) is 5.35. The Kier molecular flexibility index (Phi) is 4.38. The Morgan fingerprint density at radius 1 is 1.56 bits per heavy atom. The second kappa shape index (κ2) is 5.60. The van der Waals surface area contributed by atoms with Crippen molar-refractivity contribution in [2.75, 3.05) is 26.9 Å². The van der Waals surface area contributed by atoms with Crippen LogP contribution in [0.2, 0.25) is 0 Å². The first-order valence-corrected chi connectivity index (χ1v) is 6.95. The fourth-order valence-electron chi connectivity index (χ4n) is 1.90. The average molecular weight is 306 g/mol. The molecule has 2 rings (SSSR count). The van der Waals surface area contributed by atoms with Crippen molar-refractivity contribution in [3.63, 3.8) is 0 Å². The van der Waals surface area contributed by atoms with Gasteiger partial charge in [-0.15, -0.1) is 11.3 Å². The maximum atomic E-state index is 5.75. The highest BCUT2D eigenvalue weighted by atomic mass is 79.9. The lowest BCUT2D eigenvalue weighted by molar-refractivity contribution is -0.101. The summed E-state index contributed by atoms with van der Waals surface area (Å²) in [5, 5.41) is 3.32. The fourth-order valence-corrected chi connectivity index (χ4v) is 3.96. The molecule has 90 valence electrons. The molecular weight excluding hydrogens is 290 g/mol. The summed E-state index contributed by atoms with van der Waals surface area (Å²) in [6, 6.07) is 2.35. The van der Waals surface area contributed by atoms with Crippen LogP contribution in [0.4, 0.5) is 0 Å². The Morgan fingerprint density at radius 2 is 2.38 bits per heavy atom. The van der Waals surface area contributed by atoms with Crippen LogP contribution in [0, 0.1) is 6.92 Å². The molecule has 0 spiro atoms. The van der Waals surface area contributed by atoms with Gasteiger partial charge in [-0.2, -0.15) is 0 Å². The highest BCUT2D eigenvalue weighted by Gasteiger charge is 2.28. The van der Waals surface area contributed by atoms with Crippen LogP contribution in [0.5, 0.6) is 0 Å². The van der Waals surface area contributed by atoms with Gasteiger partial charge in [-0.05, 0) is 36.0 Å². The molecule has 1 N–H and O–H groups in total. The molecule has 1 saturated heterocycles. The van der Waals surface area contributed by atoms with Crippen molar-refractivity contribution >= 4 is 27.3 Å². The van der Waals surface area contributed by atoms with Gasteiger partial charge in [0.05, 0.1) is 25.9 Å². The van der Waals surface area contributed by atoms with Crippen LogP contribution < -0.4 is 5.32 Å². The van der Waals surface area contributed by atoms with Gasteiger partial charge in [-0.3, -0.25) is 0 Å². The fraction of sp³-hybridized carbons (Fsp3) is 0.636. The molecule has 0 radical (unpaired) electrons. The second-order valence-electron chi connectivity index (χ2n) is 3.82. The van der Waals surface area contributed by atoms with Gasteiger partial charge in [0.2, 0.25) is 0 Å². The van der Waals surface area contributed by atoms with E-state index in [9.17, 15) is 0 Å². The number of ether oxygens (including phenoxy) is 2. The minimum Gasteiger partial charge on any atom is -0.376 e. The number of rotatable bonds is 3. The van der Waals surface area contributed by atoms with Gasteiger partial charge < -0.3 is 14.8 Å². The lowest BCUT2D eigenvalue weighted by Crippen LogP contribution is -2.39. The lowest BCUT2D eigenvalue weighted by Gasteiger charge is -2.29. The third-order valence-electron chi connectivity index (χ3n) is 2.64. The Hall–Kier alpha value is 0.0600. The monoisotopic (exact) mass is 305 g/mol. The average Bonchev–Trinajstić information content (AvgIpc) is 2.61. The molecule has 1 aliphatic heterocycles. The van der Waals surface area contributed by atoms with Gasteiger partial charge in [0.15, 0.2) is 0 Å². The summed E-state index contributed by atoms with van der Waals surface area (Å²) in [6.45, 7) is 4.17. The predicted molar refractivity (Wildman–Crippen MR) is 69.1 cm³/mol. The number of likely N-dealkylation sites (N-methyl/N-ethyl adjacent to an activating group) is 1. The molecular formula is C11H16BrNO2S. The van der Waals surface area contributed by atoms with Gasteiger partial charge in [0.25, 0.3) is 0 Å². The van der Waals surface area contributed by atoms with E-state index in [2.05, 4.69) is 34.2 Å². The molecule has 0 saturated carbocycles. The molecule has 1 aromatic rings. The van der Waals surface area contributed by atoms with E-state index in [1.165, 1.54) is 9.75 Å². The molecule has 1 aromatic heterocycles. The summed E-state index contributed by atoms with van der Waals surface area (Å²) < 4.78 is 12.4. The van der Waals surface area contributed by atoms with Crippen molar-refractivity contribution in [2.45, 2.75) is 19.1 Å². The minimum atomic E-state index is 0.105. The topological polar surface area (TPSA) is 30.5 Å². The molecule has 3 nitrogen and oxygen atoms in total. The molecule has 1 aliphatic rings. The molecule has 0 aliphatic carbocycles. The van der Waals surface area contributed by atoms with Gasteiger partial charge in [0, 0.05) is 14.2 Å². The van der Waals surface area contributed by atoms with Crippen LogP contribution in [0.15, 0.2) is 10.5 Å². The summed E-state index contributed by atoms with van der Waals surface area (Å²) in [5.74, 6) is 0. The predicted octanol–water partition coefficient (Wildman–Crippen LogP) is 2.49. The Balaban J connectivity index is 2.17. The van der Waals surface area contributed by atoms with Crippen molar-refractivity contribution < 1.29 is 9.47 Å². The molecule has 1 fully saturated rings. The van der Waals surface area contributed by atoms with Crippen molar-refractivity contribution in [2.24, 2.45) is 0 Å². The molecule has 0 bridgehead atoms. The van der Waals surface area contributed by atoms with Crippen molar-refractivity contribution in [1.29, 1.82) is 0 Å². The first-order chi connectivity index (χ1) is 7.72. The third kappa shape index (κ3) is 2.65. The highest BCUT2D eigenvalue weighted by molar-refractivity contribution is 9.10. The standard InChI is InChI=1S/C11H16BrNO2S/c1-7-5-8(12)11(16-7)10(13-2)9-6-14-3-4-15-9/h5,9-10,13H,3-4,6H2,1-2H3. The lowest BCUT2D eigenvalue weighted by atomic mass is 10.1. The zero-order chi connectivity index (χ0) is 11.5. The SMILES string of the molecule is CNC(c1sc(C)cc1Br)C1COCCO1. The van der Waals surface area contributed by atoms with E-state index in [0.29, 0.717) is 19.8 Å². The van der Waals surface area contributed by atoms with Crippen LogP contribution in [-0.4, -0.2) is 33.0 Å². The molecule has 2 unspecified atom stereocenters. The maximum absolute atomic E-state index is 5.75. The van der Waals surface area contributed by atoms with Crippen LogP contribution in [0.1, 0.15) is 15.8 Å². The van der Waals surface area contributed by atoms with Crippen molar-refractivity contribution in [3.05, 3.63) is 20.3 Å². The normalized spacial score (nSPS) is 23.3. The molecule has 2 heterocycles. The largest absolute Gasteiger partial charge is 0.376 e. The number of hydrogen-bond acceptors (Lipinski definition) is 4. The van der Waals surface area contributed by atoms with E-state index < -0.39 is 0 Å². The van der Waals surface area contributed by atoms with Crippen LogP contribution in [0.25, 0.3) is 0 Å². The van der Waals surface area contributed by atoms with Gasteiger partial charge in [-0.25, -0.2) is 0 Å². The Bertz CT molecular complexity index is 350. The third-order valence-corrected chi connectivity index (χ3v) is 4.70.